The van der Waals surface area contributed by atoms with Crippen molar-refractivity contribution >= 4 is 27.6 Å². The van der Waals surface area contributed by atoms with Crippen molar-refractivity contribution in [3.63, 3.8) is 0 Å². The molecule has 0 radical (unpaired) electrons. The van der Waals surface area contributed by atoms with Gasteiger partial charge in [0.25, 0.3) is 0 Å². The molecule has 0 saturated heterocycles. The number of hydrogen-bond donors (Lipinski definition) is 0. The lowest BCUT2D eigenvalue weighted by molar-refractivity contribution is -0.142. The quantitative estimate of drug-likeness (QED) is 0.240. The first kappa shape index (κ1) is 20.0. The van der Waals surface area contributed by atoms with Gasteiger partial charge in [-0.25, -0.2) is 0 Å². The van der Waals surface area contributed by atoms with Crippen LogP contribution in [0.4, 0.5) is 0 Å². The van der Waals surface area contributed by atoms with E-state index in [2.05, 4.69) is 30.3 Å². The lowest BCUT2D eigenvalue weighted by Crippen LogP contribution is -2.18. The summed E-state index contributed by atoms with van der Waals surface area (Å²) in [4.78, 5) is 17.9. The van der Waals surface area contributed by atoms with Gasteiger partial charge in [0.15, 0.2) is 0 Å². The molecule has 0 aliphatic carbocycles. The van der Waals surface area contributed by atoms with E-state index in [1.807, 2.05) is 72.8 Å². The Labute approximate surface area is 187 Å². The van der Waals surface area contributed by atoms with E-state index in [9.17, 15) is 4.79 Å². The van der Waals surface area contributed by atoms with Gasteiger partial charge >= 0.3 is 5.97 Å². The minimum atomic E-state index is -0.481. The van der Waals surface area contributed by atoms with Crippen LogP contribution < -0.4 is 0 Å². The predicted octanol–water partition coefficient (Wildman–Crippen LogP) is 6.55. The van der Waals surface area contributed by atoms with Gasteiger partial charge in [0.2, 0.25) is 0 Å². The summed E-state index contributed by atoms with van der Waals surface area (Å²) in [6.45, 7) is 0. The molecule has 5 aromatic rings. The minimum absolute atomic E-state index is 0.272. The second-order valence-electron chi connectivity index (χ2n) is 7.91. The van der Waals surface area contributed by atoms with Gasteiger partial charge in [-0.3, -0.25) is 9.78 Å². The Bertz CT molecular complexity index is 1390. The van der Waals surface area contributed by atoms with E-state index < -0.39 is 5.92 Å². The van der Waals surface area contributed by atoms with E-state index in [4.69, 9.17) is 9.72 Å². The number of nitrogens with zero attached hydrogens (tertiary/aromatic N) is 1. The van der Waals surface area contributed by atoms with E-state index in [1.54, 1.807) is 0 Å². The zero-order valence-electron chi connectivity index (χ0n) is 17.9. The Balaban J connectivity index is 1.71. The van der Waals surface area contributed by atoms with E-state index >= 15 is 0 Å². The first-order chi connectivity index (χ1) is 15.7. The van der Waals surface area contributed by atoms with Crippen LogP contribution in [0.1, 0.15) is 17.2 Å². The number of ether oxygens (including phenoxy) is 1. The highest BCUT2D eigenvalue weighted by Gasteiger charge is 2.26. The standard InChI is InChI=1S/C29H23NO2/c1-32-29(31)26(18-20-10-4-2-5-11-20)28-24-15-9-8-14-23(24)25-19-22(16-17-27(25)30-28)21-12-6-3-7-13-21/h2-17,19,26H,18H2,1H3. The molecule has 3 nitrogen and oxygen atoms in total. The second-order valence-corrected chi connectivity index (χ2v) is 7.91. The van der Waals surface area contributed by atoms with Gasteiger partial charge in [0, 0.05) is 10.8 Å². The maximum atomic E-state index is 12.9. The molecule has 0 aliphatic rings. The first-order valence-electron chi connectivity index (χ1n) is 10.7. The third-order valence-electron chi connectivity index (χ3n) is 5.94. The van der Waals surface area contributed by atoms with Gasteiger partial charge in [-0.1, -0.05) is 91.0 Å². The number of hydrogen-bond acceptors (Lipinski definition) is 3. The SMILES string of the molecule is COC(=O)C(Cc1ccccc1)c1nc2ccc(-c3ccccc3)cc2c2ccccc12. The minimum Gasteiger partial charge on any atom is -0.468 e. The highest BCUT2D eigenvalue weighted by molar-refractivity contribution is 6.08. The summed E-state index contributed by atoms with van der Waals surface area (Å²) in [6, 6.07) is 34.9. The van der Waals surface area contributed by atoms with Crippen LogP contribution >= 0.6 is 0 Å². The van der Waals surface area contributed by atoms with Gasteiger partial charge in [-0.15, -0.1) is 0 Å². The van der Waals surface area contributed by atoms with Crippen LogP contribution in [0.25, 0.3) is 32.8 Å². The molecule has 0 amide bonds. The molecule has 0 bridgehead atoms. The number of benzene rings is 4. The Hall–Kier alpha value is -3.98. The molecule has 156 valence electrons. The lowest BCUT2D eigenvalue weighted by Gasteiger charge is -2.18. The summed E-state index contributed by atoms with van der Waals surface area (Å²) >= 11 is 0. The van der Waals surface area contributed by atoms with Crippen LogP contribution in [0, 0.1) is 0 Å². The fourth-order valence-corrected chi connectivity index (χ4v) is 4.34. The molecule has 3 heteroatoms. The summed E-state index contributed by atoms with van der Waals surface area (Å²) in [5, 5.41) is 3.15. The molecule has 32 heavy (non-hydrogen) atoms. The largest absolute Gasteiger partial charge is 0.468 e. The molecule has 0 aliphatic heterocycles. The maximum Gasteiger partial charge on any atom is 0.315 e. The van der Waals surface area contributed by atoms with Crippen molar-refractivity contribution in [3.05, 3.63) is 114 Å². The lowest BCUT2D eigenvalue weighted by atomic mass is 9.91. The molecule has 5 rings (SSSR count). The maximum absolute atomic E-state index is 12.9. The number of carbonyl (C=O) groups is 1. The molecule has 0 spiro atoms. The van der Waals surface area contributed by atoms with Crippen molar-refractivity contribution in [2.24, 2.45) is 0 Å². The number of methoxy groups -OCH3 is 1. The topological polar surface area (TPSA) is 39.2 Å². The number of pyridine rings is 1. The van der Waals surface area contributed by atoms with Gasteiger partial charge in [-0.05, 0) is 40.6 Å². The van der Waals surface area contributed by atoms with Crippen LogP contribution in [0.2, 0.25) is 0 Å². The third kappa shape index (κ3) is 3.74. The van der Waals surface area contributed by atoms with Crippen LogP contribution in [-0.2, 0) is 16.0 Å². The summed E-state index contributed by atoms with van der Waals surface area (Å²) < 4.78 is 5.20. The van der Waals surface area contributed by atoms with E-state index in [1.165, 1.54) is 12.7 Å². The Morgan fingerprint density at radius 3 is 2.12 bits per heavy atom. The van der Waals surface area contributed by atoms with E-state index in [0.29, 0.717) is 6.42 Å². The summed E-state index contributed by atoms with van der Waals surface area (Å²) in [7, 11) is 1.44. The molecular formula is C29H23NO2. The Morgan fingerprint density at radius 2 is 1.41 bits per heavy atom. The third-order valence-corrected chi connectivity index (χ3v) is 5.94. The first-order valence-corrected chi connectivity index (χ1v) is 10.7. The molecule has 0 saturated carbocycles. The van der Waals surface area contributed by atoms with Crippen molar-refractivity contribution in [3.8, 4) is 11.1 Å². The summed E-state index contributed by atoms with van der Waals surface area (Å²) in [6.07, 6.45) is 0.540. The fraction of sp³-hybridized carbons (Fsp3) is 0.103. The smallest absolute Gasteiger partial charge is 0.315 e. The molecule has 1 aromatic heterocycles. The molecule has 0 N–H and O–H groups in total. The molecular weight excluding hydrogens is 394 g/mol. The Kier molecular flexibility index (Phi) is 5.39. The van der Waals surface area contributed by atoms with Crippen LogP contribution in [-0.4, -0.2) is 18.1 Å². The van der Waals surface area contributed by atoms with Gasteiger partial charge in [0.1, 0.15) is 5.92 Å². The number of esters is 1. The van der Waals surface area contributed by atoms with Crippen LogP contribution in [0.5, 0.6) is 0 Å². The van der Waals surface area contributed by atoms with Crippen molar-refractivity contribution in [2.45, 2.75) is 12.3 Å². The van der Waals surface area contributed by atoms with Crippen molar-refractivity contribution in [1.29, 1.82) is 0 Å². The fourth-order valence-electron chi connectivity index (χ4n) is 4.34. The molecule has 4 aromatic carbocycles. The van der Waals surface area contributed by atoms with Crippen LogP contribution in [0.3, 0.4) is 0 Å². The van der Waals surface area contributed by atoms with Crippen molar-refractivity contribution in [1.82, 2.24) is 4.98 Å². The van der Waals surface area contributed by atoms with Gasteiger partial charge < -0.3 is 4.74 Å². The van der Waals surface area contributed by atoms with Crippen molar-refractivity contribution in [2.75, 3.05) is 7.11 Å². The summed E-state index contributed by atoms with van der Waals surface area (Å²) in [5.41, 5.74) is 5.02. The molecule has 1 unspecified atom stereocenters. The number of carbonyl (C=O) groups excluding carboxylic acids is 1. The number of fused-ring (bicyclic) bond motifs is 3. The monoisotopic (exact) mass is 417 g/mol. The predicted molar refractivity (Wildman–Crippen MR) is 130 cm³/mol. The van der Waals surface area contributed by atoms with E-state index in [-0.39, 0.29) is 5.97 Å². The normalized spacial score (nSPS) is 12.0. The highest BCUT2D eigenvalue weighted by Crippen LogP contribution is 2.34. The average molecular weight is 418 g/mol. The zero-order valence-corrected chi connectivity index (χ0v) is 17.9. The molecule has 0 fully saturated rings. The number of aromatic nitrogens is 1. The summed E-state index contributed by atoms with van der Waals surface area (Å²) in [5.74, 6) is -0.753. The van der Waals surface area contributed by atoms with Gasteiger partial charge in [0.05, 0.1) is 18.3 Å². The molecule has 1 atom stereocenters. The second kappa shape index (κ2) is 8.64. The highest BCUT2D eigenvalue weighted by atomic mass is 16.5. The van der Waals surface area contributed by atoms with Crippen LogP contribution in [0.15, 0.2) is 103 Å². The number of rotatable bonds is 5. The molecule has 1 heterocycles. The van der Waals surface area contributed by atoms with E-state index in [0.717, 1.165) is 38.5 Å². The average Bonchev–Trinajstić information content (AvgIpc) is 2.87. The Morgan fingerprint density at radius 1 is 0.750 bits per heavy atom. The zero-order chi connectivity index (χ0) is 21.9. The van der Waals surface area contributed by atoms with Crippen molar-refractivity contribution < 1.29 is 9.53 Å². The van der Waals surface area contributed by atoms with Gasteiger partial charge in [-0.2, -0.15) is 0 Å².